The fourth-order valence-electron chi connectivity index (χ4n) is 1.46. The molecule has 96 valence electrons. The van der Waals surface area contributed by atoms with Gasteiger partial charge in [0.25, 0.3) is 0 Å². The SMILES string of the molecule is CCCOCCCNCc1c(Cl)cccc1Cl. The van der Waals surface area contributed by atoms with Crippen molar-refractivity contribution in [3.8, 4) is 0 Å². The maximum absolute atomic E-state index is 6.06. The van der Waals surface area contributed by atoms with Gasteiger partial charge in [0.1, 0.15) is 0 Å². The molecule has 1 rings (SSSR count). The first-order valence-electron chi connectivity index (χ1n) is 5.97. The van der Waals surface area contributed by atoms with Gasteiger partial charge in [-0.05, 0) is 31.5 Å². The van der Waals surface area contributed by atoms with Crippen LogP contribution in [-0.4, -0.2) is 19.8 Å². The molecule has 4 heteroatoms. The lowest BCUT2D eigenvalue weighted by molar-refractivity contribution is 0.132. The predicted molar refractivity (Wildman–Crippen MR) is 73.9 cm³/mol. The van der Waals surface area contributed by atoms with Gasteiger partial charge < -0.3 is 10.1 Å². The maximum Gasteiger partial charge on any atom is 0.0478 e. The Labute approximate surface area is 113 Å². The smallest absolute Gasteiger partial charge is 0.0478 e. The minimum Gasteiger partial charge on any atom is -0.381 e. The molecule has 0 heterocycles. The standard InChI is InChI=1S/C13H19Cl2NO/c1-2-8-17-9-4-7-16-10-11-12(14)5-3-6-13(11)15/h3,5-6,16H,2,4,7-10H2,1H3. The Bertz CT molecular complexity index is 311. The lowest BCUT2D eigenvalue weighted by Crippen LogP contribution is -2.17. The third-order valence-corrected chi connectivity index (χ3v) is 3.06. The minimum absolute atomic E-state index is 0.701. The zero-order valence-corrected chi connectivity index (χ0v) is 11.7. The van der Waals surface area contributed by atoms with E-state index in [1.165, 1.54) is 0 Å². The van der Waals surface area contributed by atoms with Crippen LogP contribution in [0.15, 0.2) is 18.2 Å². The molecular formula is C13H19Cl2NO. The van der Waals surface area contributed by atoms with E-state index < -0.39 is 0 Å². The first-order valence-corrected chi connectivity index (χ1v) is 6.72. The van der Waals surface area contributed by atoms with E-state index in [1.54, 1.807) is 0 Å². The van der Waals surface area contributed by atoms with Crippen LogP contribution in [0, 0.1) is 0 Å². The zero-order valence-electron chi connectivity index (χ0n) is 10.1. The second-order valence-corrected chi connectivity index (χ2v) is 4.66. The molecule has 0 bridgehead atoms. The van der Waals surface area contributed by atoms with Crippen molar-refractivity contribution in [3.63, 3.8) is 0 Å². The Morgan fingerprint density at radius 1 is 1.18 bits per heavy atom. The fourth-order valence-corrected chi connectivity index (χ4v) is 1.99. The van der Waals surface area contributed by atoms with Crippen LogP contribution in [0.5, 0.6) is 0 Å². The number of ether oxygens (including phenoxy) is 1. The molecule has 1 aromatic rings. The Morgan fingerprint density at radius 3 is 2.53 bits per heavy atom. The molecule has 0 amide bonds. The number of hydrogen-bond acceptors (Lipinski definition) is 2. The van der Waals surface area contributed by atoms with Gasteiger partial charge >= 0.3 is 0 Å². The van der Waals surface area contributed by atoms with Crippen molar-refractivity contribution in [2.24, 2.45) is 0 Å². The van der Waals surface area contributed by atoms with Crippen molar-refractivity contribution in [1.29, 1.82) is 0 Å². The van der Waals surface area contributed by atoms with Crippen LogP contribution < -0.4 is 5.32 Å². The van der Waals surface area contributed by atoms with Crippen LogP contribution in [0.25, 0.3) is 0 Å². The normalized spacial score (nSPS) is 10.8. The van der Waals surface area contributed by atoms with Crippen molar-refractivity contribution in [3.05, 3.63) is 33.8 Å². The van der Waals surface area contributed by atoms with Gasteiger partial charge in [-0.15, -0.1) is 0 Å². The van der Waals surface area contributed by atoms with Crippen LogP contribution in [0.3, 0.4) is 0 Å². The van der Waals surface area contributed by atoms with Crippen molar-refractivity contribution >= 4 is 23.2 Å². The number of rotatable bonds is 8. The summed E-state index contributed by atoms with van der Waals surface area (Å²) in [5, 5.41) is 4.74. The number of nitrogens with one attached hydrogen (secondary N) is 1. The molecule has 1 N–H and O–H groups in total. The van der Waals surface area contributed by atoms with Gasteiger partial charge in [-0.3, -0.25) is 0 Å². The Balaban J connectivity index is 2.18. The van der Waals surface area contributed by atoms with Gasteiger partial charge in [-0.1, -0.05) is 36.2 Å². The predicted octanol–water partition coefficient (Wildman–Crippen LogP) is 3.90. The number of hydrogen-bond donors (Lipinski definition) is 1. The molecular weight excluding hydrogens is 257 g/mol. The molecule has 17 heavy (non-hydrogen) atoms. The first-order chi connectivity index (χ1) is 8.25. The Hall–Kier alpha value is -0.280. The number of halogens is 2. The molecule has 0 aliphatic heterocycles. The van der Waals surface area contributed by atoms with Crippen LogP contribution in [-0.2, 0) is 11.3 Å². The van der Waals surface area contributed by atoms with Gasteiger partial charge in [0.2, 0.25) is 0 Å². The number of benzene rings is 1. The maximum atomic E-state index is 6.06. The summed E-state index contributed by atoms with van der Waals surface area (Å²) in [7, 11) is 0. The molecule has 0 aromatic heterocycles. The lowest BCUT2D eigenvalue weighted by atomic mass is 10.2. The molecule has 0 aliphatic rings. The molecule has 2 nitrogen and oxygen atoms in total. The summed E-state index contributed by atoms with van der Waals surface area (Å²) in [6.07, 6.45) is 2.07. The summed E-state index contributed by atoms with van der Waals surface area (Å²) in [5.41, 5.74) is 0.963. The molecule has 0 fully saturated rings. The highest BCUT2D eigenvalue weighted by Gasteiger charge is 2.03. The van der Waals surface area contributed by atoms with E-state index >= 15 is 0 Å². The molecule has 0 saturated heterocycles. The summed E-state index contributed by atoms with van der Waals surface area (Å²) < 4.78 is 5.39. The third-order valence-electron chi connectivity index (χ3n) is 2.35. The van der Waals surface area contributed by atoms with Crippen LogP contribution >= 0.6 is 23.2 Å². The van der Waals surface area contributed by atoms with E-state index in [1.807, 2.05) is 18.2 Å². The third kappa shape index (κ3) is 5.73. The van der Waals surface area contributed by atoms with Crippen molar-refractivity contribution in [2.75, 3.05) is 19.8 Å². The Kier molecular flexibility index (Phi) is 7.62. The monoisotopic (exact) mass is 275 g/mol. The minimum atomic E-state index is 0.701. The van der Waals surface area contributed by atoms with Crippen LogP contribution in [0.2, 0.25) is 10.0 Å². The average Bonchev–Trinajstić information content (AvgIpc) is 2.31. The largest absolute Gasteiger partial charge is 0.381 e. The molecule has 0 spiro atoms. The molecule has 0 unspecified atom stereocenters. The van der Waals surface area contributed by atoms with E-state index in [0.29, 0.717) is 16.6 Å². The van der Waals surface area contributed by atoms with Crippen LogP contribution in [0.4, 0.5) is 0 Å². The highest BCUT2D eigenvalue weighted by molar-refractivity contribution is 6.35. The summed E-state index contributed by atoms with van der Waals surface area (Å²) in [5.74, 6) is 0. The fraction of sp³-hybridized carbons (Fsp3) is 0.538. The van der Waals surface area contributed by atoms with Crippen molar-refractivity contribution in [1.82, 2.24) is 5.32 Å². The molecule has 0 aliphatic carbocycles. The van der Waals surface area contributed by atoms with Gasteiger partial charge in [-0.2, -0.15) is 0 Å². The Morgan fingerprint density at radius 2 is 1.88 bits per heavy atom. The molecule has 0 saturated carbocycles. The topological polar surface area (TPSA) is 21.3 Å². The average molecular weight is 276 g/mol. The van der Waals surface area contributed by atoms with E-state index in [2.05, 4.69) is 12.2 Å². The molecule has 1 aromatic carbocycles. The lowest BCUT2D eigenvalue weighted by Gasteiger charge is -2.08. The van der Waals surface area contributed by atoms with Gasteiger partial charge in [0, 0.05) is 35.4 Å². The highest BCUT2D eigenvalue weighted by atomic mass is 35.5. The van der Waals surface area contributed by atoms with Gasteiger partial charge in [0.15, 0.2) is 0 Å². The van der Waals surface area contributed by atoms with E-state index in [9.17, 15) is 0 Å². The zero-order chi connectivity index (χ0) is 12.5. The van der Waals surface area contributed by atoms with Gasteiger partial charge in [0.05, 0.1) is 0 Å². The summed E-state index contributed by atoms with van der Waals surface area (Å²) >= 11 is 12.1. The quantitative estimate of drug-likeness (QED) is 0.727. The van der Waals surface area contributed by atoms with E-state index in [-0.39, 0.29) is 0 Å². The molecule has 0 radical (unpaired) electrons. The summed E-state index contributed by atoms with van der Waals surface area (Å²) in [6.45, 7) is 5.36. The van der Waals surface area contributed by atoms with E-state index in [4.69, 9.17) is 27.9 Å². The van der Waals surface area contributed by atoms with Crippen molar-refractivity contribution in [2.45, 2.75) is 26.3 Å². The van der Waals surface area contributed by atoms with Crippen molar-refractivity contribution < 1.29 is 4.74 Å². The molecule has 0 atom stereocenters. The van der Waals surface area contributed by atoms with Crippen LogP contribution in [0.1, 0.15) is 25.3 Å². The second kappa shape index (κ2) is 8.76. The first kappa shape index (κ1) is 14.8. The highest BCUT2D eigenvalue weighted by Crippen LogP contribution is 2.23. The van der Waals surface area contributed by atoms with E-state index in [0.717, 1.165) is 38.2 Å². The summed E-state index contributed by atoms with van der Waals surface area (Å²) in [6, 6.07) is 5.57. The second-order valence-electron chi connectivity index (χ2n) is 3.84. The summed E-state index contributed by atoms with van der Waals surface area (Å²) in [4.78, 5) is 0. The van der Waals surface area contributed by atoms with Gasteiger partial charge in [-0.25, -0.2) is 0 Å².